The van der Waals surface area contributed by atoms with E-state index in [4.69, 9.17) is 10.5 Å². The topological polar surface area (TPSA) is 53.1 Å². The van der Waals surface area contributed by atoms with Crippen LogP contribution in [0.25, 0.3) is 0 Å². The lowest BCUT2D eigenvalue weighted by Crippen LogP contribution is -1.99. The molecule has 1 aliphatic heterocycles. The van der Waals surface area contributed by atoms with Crippen molar-refractivity contribution in [1.82, 2.24) is 9.78 Å². The Balaban J connectivity index is 2.34. The average molecular weight is 181 g/mol. The number of nitrogens with two attached hydrogens (primary N) is 1. The van der Waals surface area contributed by atoms with Crippen molar-refractivity contribution in [3.05, 3.63) is 11.3 Å². The molecule has 1 saturated heterocycles. The van der Waals surface area contributed by atoms with Gasteiger partial charge in [0.2, 0.25) is 0 Å². The molecule has 2 heterocycles. The van der Waals surface area contributed by atoms with Gasteiger partial charge in [-0.05, 0) is 19.8 Å². The van der Waals surface area contributed by atoms with Crippen molar-refractivity contribution >= 4 is 5.82 Å². The van der Waals surface area contributed by atoms with Crippen LogP contribution in [0.5, 0.6) is 0 Å². The Labute approximate surface area is 77.7 Å². The molecule has 1 unspecified atom stereocenters. The summed E-state index contributed by atoms with van der Waals surface area (Å²) in [6.45, 7) is 2.85. The molecule has 0 aromatic carbocycles. The van der Waals surface area contributed by atoms with Crippen LogP contribution in [0.4, 0.5) is 5.82 Å². The number of hydrogen-bond donors (Lipinski definition) is 1. The van der Waals surface area contributed by atoms with Gasteiger partial charge in [0.15, 0.2) is 0 Å². The van der Waals surface area contributed by atoms with Crippen LogP contribution in [0.1, 0.15) is 30.2 Å². The SMILES string of the molecule is Cc1c(C2CCCO2)nn(C)c1N. The number of ether oxygens (including phenoxy) is 1. The summed E-state index contributed by atoms with van der Waals surface area (Å²) in [5, 5.41) is 4.36. The molecule has 1 aromatic rings. The summed E-state index contributed by atoms with van der Waals surface area (Å²) in [5.74, 6) is 0.741. The second kappa shape index (κ2) is 3.03. The van der Waals surface area contributed by atoms with Gasteiger partial charge >= 0.3 is 0 Å². The normalized spacial score (nSPS) is 22.5. The molecule has 1 aliphatic rings. The number of nitrogens with zero attached hydrogens (tertiary/aromatic N) is 2. The first kappa shape index (κ1) is 8.56. The summed E-state index contributed by atoms with van der Waals surface area (Å²) in [6.07, 6.45) is 2.36. The quantitative estimate of drug-likeness (QED) is 0.707. The van der Waals surface area contributed by atoms with Crippen LogP contribution in [0.15, 0.2) is 0 Å². The van der Waals surface area contributed by atoms with Crippen molar-refractivity contribution in [3.63, 3.8) is 0 Å². The van der Waals surface area contributed by atoms with E-state index in [0.717, 1.165) is 36.5 Å². The molecule has 2 rings (SSSR count). The largest absolute Gasteiger partial charge is 0.384 e. The molecule has 1 fully saturated rings. The van der Waals surface area contributed by atoms with Crippen molar-refractivity contribution in [1.29, 1.82) is 0 Å². The molecule has 4 heteroatoms. The number of aryl methyl sites for hydroxylation is 1. The fourth-order valence-corrected chi connectivity index (χ4v) is 1.76. The van der Waals surface area contributed by atoms with E-state index in [1.54, 1.807) is 4.68 Å². The van der Waals surface area contributed by atoms with Gasteiger partial charge in [0.05, 0.1) is 5.69 Å². The Bertz CT molecular complexity index is 313. The van der Waals surface area contributed by atoms with E-state index >= 15 is 0 Å². The Morgan fingerprint density at radius 2 is 2.38 bits per heavy atom. The van der Waals surface area contributed by atoms with Crippen LogP contribution in [-0.2, 0) is 11.8 Å². The van der Waals surface area contributed by atoms with Crippen LogP contribution >= 0.6 is 0 Å². The fraction of sp³-hybridized carbons (Fsp3) is 0.667. The molecular weight excluding hydrogens is 166 g/mol. The van der Waals surface area contributed by atoms with Gasteiger partial charge in [-0.3, -0.25) is 4.68 Å². The second-order valence-corrected chi connectivity index (χ2v) is 3.52. The van der Waals surface area contributed by atoms with Crippen LogP contribution < -0.4 is 5.73 Å². The molecule has 0 radical (unpaired) electrons. The lowest BCUT2D eigenvalue weighted by molar-refractivity contribution is 0.107. The van der Waals surface area contributed by atoms with E-state index < -0.39 is 0 Å². The molecule has 2 N–H and O–H groups in total. The smallest absolute Gasteiger partial charge is 0.124 e. The highest BCUT2D eigenvalue weighted by atomic mass is 16.5. The minimum atomic E-state index is 0.170. The zero-order valence-electron chi connectivity index (χ0n) is 8.08. The highest BCUT2D eigenvalue weighted by molar-refractivity contribution is 5.43. The summed E-state index contributed by atoms with van der Waals surface area (Å²) in [7, 11) is 1.86. The maximum absolute atomic E-state index is 5.82. The van der Waals surface area contributed by atoms with Crippen LogP contribution in [0, 0.1) is 6.92 Å². The summed E-state index contributed by atoms with van der Waals surface area (Å²) in [4.78, 5) is 0. The Kier molecular flexibility index (Phi) is 2.00. The Hall–Kier alpha value is -1.03. The molecule has 0 bridgehead atoms. The molecule has 13 heavy (non-hydrogen) atoms. The first-order valence-electron chi connectivity index (χ1n) is 4.60. The number of anilines is 1. The number of rotatable bonds is 1. The third kappa shape index (κ3) is 1.31. The van der Waals surface area contributed by atoms with Crippen LogP contribution in [0.2, 0.25) is 0 Å². The monoisotopic (exact) mass is 181 g/mol. The molecule has 0 amide bonds. The minimum absolute atomic E-state index is 0.170. The summed E-state index contributed by atoms with van der Waals surface area (Å²) >= 11 is 0. The van der Waals surface area contributed by atoms with Gasteiger partial charge < -0.3 is 10.5 Å². The average Bonchev–Trinajstić information content (AvgIpc) is 2.70. The summed E-state index contributed by atoms with van der Waals surface area (Å²) in [5.41, 5.74) is 7.89. The number of aromatic nitrogens is 2. The van der Waals surface area contributed by atoms with Gasteiger partial charge in [-0.25, -0.2) is 0 Å². The first-order chi connectivity index (χ1) is 6.20. The van der Waals surface area contributed by atoms with Gasteiger partial charge in [-0.2, -0.15) is 5.10 Å². The third-order valence-electron chi connectivity index (χ3n) is 2.61. The van der Waals surface area contributed by atoms with Gasteiger partial charge in [-0.15, -0.1) is 0 Å². The van der Waals surface area contributed by atoms with Gasteiger partial charge in [0.1, 0.15) is 11.9 Å². The zero-order valence-corrected chi connectivity index (χ0v) is 8.08. The molecular formula is C9H15N3O. The van der Waals surface area contributed by atoms with E-state index in [2.05, 4.69) is 5.10 Å². The molecule has 0 spiro atoms. The van der Waals surface area contributed by atoms with Crippen molar-refractivity contribution in [2.24, 2.45) is 7.05 Å². The van der Waals surface area contributed by atoms with Crippen molar-refractivity contribution in [3.8, 4) is 0 Å². The van der Waals surface area contributed by atoms with Gasteiger partial charge in [-0.1, -0.05) is 0 Å². The Morgan fingerprint density at radius 1 is 1.62 bits per heavy atom. The maximum atomic E-state index is 5.82. The molecule has 1 atom stereocenters. The predicted molar refractivity (Wildman–Crippen MR) is 50.3 cm³/mol. The van der Waals surface area contributed by atoms with Crippen LogP contribution in [-0.4, -0.2) is 16.4 Å². The van der Waals surface area contributed by atoms with Gasteiger partial charge in [0, 0.05) is 19.2 Å². The fourth-order valence-electron chi connectivity index (χ4n) is 1.76. The molecule has 0 saturated carbocycles. The van der Waals surface area contributed by atoms with E-state index in [9.17, 15) is 0 Å². The van der Waals surface area contributed by atoms with E-state index in [1.807, 2.05) is 14.0 Å². The Morgan fingerprint density at radius 3 is 2.85 bits per heavy atom. The standard InChI is InChI=1S/C9H15N3O/c1-6-8(7-4-3-5-13-7)11-12(2)9(6)10/h7H,3-5,10H2,1-2H3. The van der Waals surface area contributed by atoms with E-state index in [0.29, 0.717) is 0 Å². The minimum Gasteiger partial charge on any atom is -0.384 e. The molecule has 0 aliphatic carbocycles. The molecule has 4 nitrogen and oxygen atoms in total. The van der Waals surface area contributed by atoms with Gasteiger partial charge in [0.25, 0.3) is 0 Å². The number of hydrogen-bond acceptors (Lipinski definition) is 3. The van der Waals surface area contributed by atoms with Crippen molar-refractivity contribution in [2.75, 3.05) is 12.3 Å². The van der Waals surface area contributed by atoms with Crippen LogP contribution in [0.3, 0.4) is 0 Å². The highest BCUT2D eigenvalue weighted by Crippen LogP contribution is 2.31. The number of nitrogen functional groups attached to an aromatic ring is 1. The summed E-state index contributed by atoms with van der Waals surface area (Å²) in [6, 6.07) is 0. The van der Waals surface area contributed by atoms with Crippen molar-refractivity contribution < 1.29 is 4.74 Å². The second-order valence-electron chi connectivity index (χ2n) is 3.52. The van der Waals surface area contributed by atoms with E-state index in [-0.39, 0.29) is 6.10 Å². The highest BCUT2D eigenvalue weighted by Gasteiger charge is 2.23. The zero-order chi connectivity index (χ0) is 9.42. The maximum Gasteiger partial charge on any atom is 0.124 e. The molecule has 72 valence electrons. The first-order valence-corrected chi connectivity index (χ1v) is 4.60. The third-order valence-corrected chi connectivity index (χ3v) is 2.61. The molecule has 1 aromatic heterocycles. The predicted octanol–water partition coefficient (Wildman–Crippen LogP) is 1.16. The lowest BCUT2D eigenvalue weighted by Gasteiger charge is -2.05. The van der Waals surface area contributed by atoms with Crippen molar-refractivity contribution in [2.45, 2.75) is 25.9 Å². The summed E-state index contributed by atoms with van der Waals surface area (Å²) < 4.78 is 7.27. The lowest BCUT2D eigenvalue weighted by atomic mass is 10.1. The van der Waals surface area contributed by atoms with E-state index in [1.165, 1.54) is 0 Å².